The minimum absolute atomic E-state index is 0.00515. The summed E-state index contributed by atoms with van der Waals surface area (Å²) in [6.45, 7) is 0.340. The zero-order valence-electron chi connectivity index (χ0n) is 25.4. The van der Waals surface area contributed by atoms with E-state index in [1.54, 1.807) is 72.8 Å². The van der Waals surface area contributed by atoms with Gasteiger partial charge in [-0.1, -0.05) is 48.5 Å². The van der Waals surface area contributed by atoms with Crippen molar-refractivity contribution in [3.63, 3.8) is 0 Å². The fourth-order valence-electron chi connectivity index (χ4n) is 5.06. The molecule has 9 nitrogen and oxygen atoms in total. The molecule has 0 aromatic heterocycles. The highest BCUT2D eigenvalue weighted by Gasteiger charge is 2.36. The predicted octanol–water partition coefficient (Wildman–Crippen LogP) is 6.17. The Labute approximate surface area is 270 Å². The fourth-order valence-corrected chi connectivity index (χ4v) is 5.06. The summed E-state index contributed by atoms with van der Waals surface area (Å²) >= 11 is 0. The van der Waals surface area contributed by atoms with Crippen LogP contribution in [-0.4, -0.2) is 41.4 Å². The second-order valence-electron chi connectivity index (χ2n) is 11.1. The highest BCUT2D eigenvalue weighted by Crippen LogP contribution is 2.21. The quantitative estimate of drug-likeness (QED) is 0.189. The van der Waals surface area contributed by atoms with Crippen molar-refractivity contribution in [3.8, 4) is 0 Å². The molecule has 5 rings (SSSR count). The molecule has 2 N–H and O–H groups in total. The molecule has 0 spiro atoms. The maximum absolute atomic E-state index is 13.1. The van der Waals surface area contributed by atoms with Crippen molar-refractivity contribution in [2.45, 2.75) is 44.9 Å². The minimum Gasteiger partial charge on any atom is -0.459 e. The van der Waals surface area contributed by atoms with E-state index in [-0.39, 0.29) is 49.5 Å². The van der Waals surface area contributed by atoms with Crippen LogP contribution < -0.4 is 10.6 Å². The summed E-state index contributed by atoms with van der Waals surface area (Å²) in [4.78, 5) is 51.7. The number of amides is 3. The van der Waals surface area contributed by atoms with E-state index < -0.39 is 18.1 Å². The van der Waals surface area contributed by atoms with Crippen LogP contribution in [0.4, 0.5) is 25.0 Å². The summed E-state index contributed by atoms with van der Waals surface area (Å²) in [7, 11) is 0. The summed E-state index contributed by atoms with van der Waals surface area (Å²) in [6.07, 6.45) is 0.674. The van der Waals surface area contributed by atoms with E-state index >= 15 is 0 Å². The number of hydrogen-bond donors (Lipinski definition) is 2. The lowest BCUT2D eigenvalue weighted by atomic mass is 10.1. The maximum Gasteiger partial charge on any atom is 0.410 e. The van der Waals surface area contributed by atoms with E-state index in [1.165, 1.54) is 29.2 Å². The first-order chi connectivity index (χ1) is 22.7. The van der Waals surface area contributed by atoms with Crippen molar-refractivity contribution in [1.82, 2.24) is 4.90 Å². The lowest BCUT2D eigenvalue weighted by Crippen LogP contribution is -2.41. The van der Waals surface area contributed by atoms with Crippen molar-refractivity contribution < 1.29 is 37.4 Å². The molecule has 0 bridgehead atoms. The molecule has 1 aliphatic heterocycles. The molecule has 0 saturated carbocycles. The summed E-state index contributed by atoms with van der Waals surface area (Å²) in [5.74, 6) is -1.75. The summed E-state index contributed by atoms with van der Waals surface area (Å²) in [5.41, 5.74) is 3.91. The van der Waals surface area contributed by atoms with Crippen LogP contribution in [0.5, 0.6) is 0 Å². The molecule has 4 aromatic carbocycles. The Morgan fingerprint density at radius 1 is 0.617 bits per heavy atom. The molecule has 4 aromatic rings. The average Bonchev–Trinajstić information content (AvgIpc) is 3.56. The molecular weight excluding hydrogens is 608 g/mol. The zero-order chi connectivity index (χ0) is 33.2. The van der Waals surface area contributed by atoms with E-state index in [4.69, 9.17) is 9.47 Å². The largest absolute Gasteiger partial charge is 0.459 e. The van der Waals surface area contributed by atoms with Crippen molar-refractivity contribution in [2.24, 2.45) is 0 Å². The van der Waals surface area contributed by atoms with Gasteiger partial charge >= 0.3 is 12.1 Å². The number of benzene rings is 4. The van der Waals surface area contributed by atoms with E-state index in [0.717, 1.165) is 0 Å². The first-order valence-corrected chi connectivity index (χ1v) is 15.1. The van der Waals surface area contributed by atoms with Crippen LogP contribution in [0.15, 0.2) is 97.1 Å². The van der Waals surface area contributed by atoms with Crippen LogP contribution in [-0.2, 0) is 49.9 Å². The number of ether oxygens (including phenoxy) is 2. The Morgan fingerprint density at radius 2 is 1.04 bits per heavy atom. The van der Waals surface area contributed by atoms with Crippen LogP contribution in [0, 0.1) is 11.6 Å². The van der Waals surface area contributed by atoms with E-state index in [0.29, 0.717) is 53.0 Å². The number of carbonyl (C=O) groups is 4. The van der Waals surface area contributed by atoms with Crippen LogP contribution >= 0.6 is 0 Å². The molecule has 0 radical (unpaired) electrons. The lowest BCUT2D eigenvalue weighted by Gasteiger charge is -2.22. The van der Waals surface area contributed by atoms with Crippen LogP contribution in [0.25, 0.3) is 0 Å². The van der Waals surface area contributed by atoms with Gasteiger partial charge in [-0.25, -0.2) is 18.4 Å². The Balaban J connectivity index is 1.04. The minimum atomic E-state index is -0.758. The van der Waals surface area contributed by atoms with Gasteiger partial charge in [0.05, 0.1) is 12.8 Å². The van der Waals surface area contributed by atoms with E-state index in [9.17, 15) is 28.0 Å². The Kier molecular flexibility index (Phi) is 10.9. The monoisotopic (exact) mass is 641 g/mol. The van der Waals surface area contributed by atoms with Crippen LogP contribution in [0.2, 0.25) is 0 Å². The molecule has 47 heavy (non-hydrogen) atoms. The highest BCUT2D eigenvalue weighted by atomic mass is 19.1. The number of halogens is 2. The van der Waals surface area contributed by atoms with Crippen molar-refractivity contribution in [3.05, 3.63) is 131 Å². The zero-order valence-corrected chi connectivity index (χ0v) is 25.4. The van der Waals surface area contributed by atoms with Crippen molar-refractivity contribution in [2.75, 3.05) is 17.2 Å². The van der Waals surface area contributed by atoms with Crippen LogP contribution in [0.3, 0.4) is 0 Å². The number of esters is 1. The van der Waals surface area contributed by atoms with Gasteiger partial charge < -0.3 is 20.1 Å². The predicted molar refractivity (Wildman–Crippen MR) is 170 cm³/mol. The number of rotatable bonds is 11. The molecule has 0 aliphatic carbocycles. The molecule has 1 aliphatic rings. The third kappa shape index (κ3) is 9.70. The molecule has 242 valence electrons. The molecule has 1 fully saturated rings. The topological polar surface area (TPSA) is 114 Å². The third-order valence-corrected chi connectivity index (χ3v) is 7.53. The number of nitrogens with one attached hydrogen (secondary N) is 2. The van der Waals surface area contributed by atoms with Gasteiger partial charge in [0.15, 0.2) is 0 Å². The number of hydrogen-bond acceptors (Lipinski definition) is 6. The van der Waals surface area contributed by atoms with Gasteiger partial charge in [0, 0.05) is 17.9 Å². The second kappa shape index (κ2) is 15.6. The standard InChI is InChI=1S/C36H33F2N3O6/c37-28-11-3-24(4-12-28)20-33(42)39-30-15-7-26(8-16-30)22-46-35(44)32-2-1-19-41(32)36(45)47-23-27-9-17-31(18-10-27)40-34(43)21-25-5-13-29(38)14-6-25/h3-18,32H,1-2,19-23H2,(H,39,42)(H,40,43)/t32-/m0/s1. The van der Waals surface area contributed by atoms with Gasteiger partial charge in [0.2, 0.25) is 11.8 Å². The van der Waals surface area contributed by atoms with E-state index in [1.807, 2.05) is 0 Å². The van der Waals surface area contributed by atoms with Crippen LogP contribution in [0.1, 0.15) is 35.1 Å². The highest BCUT2D eigenvalue weighted by molar-refractivity contribution is 5.93. The molecule has 3 amide bonds. The lowest BCUT2D eigenvalue weighted by molar-refractivity contribution is -0.149. The van der Waals surface area contributed by atoms with Gasteiger partial charge in [0.1, 0.15) is 30.9 Å². The molecular formula is C36H33F2N3O6. The second-order valence-corrected chi connectivity index (χ2v) is 11.1. The normalized spacial score (nSPS) is 13.9. The average molecular weight is 642 g/mol. The molecule has 11 heteroatoms. The number of nitrogens with zero attached hydrogens (tertiary/aromatic N) is 1. The Morgan fingerprint density at radius 3 is 1.51 bits per heavy atom. The first-order valence-electron chi connectivity index (χ1n) is 15.1. The van der Waals surface area contributed by atoms with Gasteiger partial charge in [0.25, 0.3) is 0 Å². The van der Waals surface area contributed by atoms with E-state index in [2.05, 4.69) is 10.6 Å². The summed E-state index contributed by atoms with van der Waals surface area (Å²) < 4.78 is 37.1. The number of carbonyl (C=O) groups excluding carboxylic acids is 4. The summed E-state index contributed by atoms with van der Waals surface area (Å²) in [6, 6.07) is 24.3. The summed E-state index contributed by atoms with van der Waals surface area (Å²) in [5, 5.41) is 5.56. The van der Waals surface area contributed by atoms with Gasteiger partial charge in [-0.15, -0.1) is 0 Å². The van der Waals surface area contributed by atoms with Gasteiger partial charge in [-0.2, -0.15) is 0 Å². The number of anilines is 2. The smallest absolute Gasteiger partial charge is 0.410 e. The molecule has 1 atom stereocenters. The van der Waals surface area contributed by atoms with Gasteiger partial charge in [-0.05, 0) is 83.6 Å². The number of likely N-dealkylation sites (tertiary alicyclic amines) is 1. The Hall–Kier alpha value is -5.58. The fraction of sp³-hybridized carbons (Fsp3) is 0.222. The molecule has 1 saturated heterocycles. The molecule has 1 heterocycles. The third-order valence-electron chi connectivity index (χ3n) is 7.53. The van der Waals surface area contributed by atoms with Crippen molar-refractivity contribution in [1.29, 1.82) is 0 Å². The first kappa shape index (κ1) is 32.8. The Bertz CT molecular complexity index is 1570. The molecule has 0 unspecified atom stereocenters. The van der Waals surface area contributed by atoms with Crippen molar-refractivity contribution >= 4 is 35.3 Å². The van der Waals surface area contributed by atoms with Gasteiger partial charge in [-0.3, -0.25) is 14.5 Å². The SMILES string of the molecule is O=C(Cc1ccc(F)cc1)Nc1ccc(COC(=O)[C@@H]2CCCN2C(=O)OCc2ccc(NC(=O)Cc3ccc(F)cc3)cc2)cc1. The maximum atomic E-state index is 13.1.